The van der Waals surface area contributed by atoms with Gasteiger partial charge < -0.3 is 10.1 Å². The topological polar surface area (TPSA) is 41.6 Å². The molecule has 3 heteroatoms. The maximum atomic E-state index is 11.2. The van der Waals surface area contributed by atoms with E-state index in [9.17, 15) is 4.79 Å². The van der Waals surface area contributed by atoms with Crippen LogP contribution >= 0.6 is 0 Å². The van der Waals surface area contributed by atoms with E-state index in [0.29, 0.717) is 0 Å². The van der Waals surface area contributed by atoms with Gasteiger partial charge in [0.15, 0.2) is 6.10 Å². The number of epoxide rings is 1. The predicted molar refractivity (Wildman–Crippen MR) is 42.2 cm³/mol. The van der Waals surface area contributed by atoms with E-state index in [2.05, 4.69) is 5.32 Å². The first kappa shape index (κ1) is 8.53. The van der Waals surface area contributed by atoms with Gasteiger partial charge in [-0.25, -0.2) is 0 Å². The quantitative estimate of drug-likeness (QED) is 0.569. The Morgan fingerprint density at radius 3 is 2.18 bits per heavy atom. The Hall–Kier alpha value is -0.570. The number of hydrogen-bond donors (Lipinski definition) is 1. The van der Waals surface area contributed by atoms with Crippen molar-refractivity contribution < 1.29 is 9.53 Å². The summed E-state index contributed by atoms with van der Waals surface area (Å²) in [6.45, 7) is 7.76. The van der Waals surface area contributed by atoms with E-state index >= 15 is 0 Å². The molecule has 1 aliphatic heterocycles. The SMILES string of the molecule is CC1OC1C(=O)NC(C)(C)C. The van der Waals surface area contributed by atoms with Gasteiger partial charge in [-0.2, -0.15) is 0 Å². The highest BCUT2D eigenvalue weighted by Gasteiger charge is 2.41. The number of rotatable bonds is 1. The van der Waals surface area contributed by atoms with Gasteiger partial charge in [-0.1, -0.05) is 0 Å². The molecule has 2 unspecified atom stereocenters. The van der Waals surface area contributed by atoms with E-state index in [1.54, 1.807) is 0 Å². The Morgan fingerprint density at radius 1 is 1.45 bits per heavy atom. The van der Waals surface area contributed by atoms with E-state index in [1.165, 1.54) is 0 Å². The molecular weight excluding hydrogens is 142 g/mol. The zero-order valence-electron chi connectivity index (χ0n) is 7.47. The van der Waals surface area contributed by atoms with Crippen LogP contribution in [-0.4, -0.2) is 23.7 Å². The summed E-state index contributed by atoms with van der Waals surface area (Å²) >= 11 is 0. The molecule has 0 spiro atoms. The first-order valence-electron chi connectivity index (χ1n) is 3.87. The fourth-order valence-corrected chi connectivity index (χ4v) is 0.902. The molecule has 0 aromatic rings. The van der Waals surface area contributed by atoms with Crippen LogP contribution in [0.5, 0.6) is 0 Å². The normalized spacial score (nSPS) is 29.8. The maximum absolute atomic E-state index is 11.2. The Morgan fingerprint density at radius 2 is 1.91 bits per heavy atom. The highest BCUT2D eigenvalue weighted by molar-refractivity contribution is 5.84. The molecule has 0 aromatic carbocycles. The maximum Gasteiger partial charge on any atom is 0.252 e. The van der Waals surface area contributed by atoms with Gasteiger partial charge in [-0.15, -0.1) is 0 Å². The van der Waals surface area contributed by atoms with Crippen molar-refractivity contribution in [2.75, 3.05) is 0 Å². The molecule has 1 rings (SSSR count). The van der Waals surface area contributed by atoms with Gasteiger partial charge in [0.05, 0.1) is 6.10 Å². The van der Waals surface area contributed by atoms with Crippen molar-refractivity contribution in [3.8, 4) is 0 Å². The van der Waals surface area contributed by atoms with Crippen LogP contribution in [0.2, 0.25) is 0 Å². The van der Waals surface area contributed by atoms with Crippen LogP contribution < -0.4 is 5.32 Å². The van der Waals surface area contributed by atoms with Gasteiger partial charge in [-0.3, -0.25) is 4.79 Å². The van der Waals surface area contributed by atoms with Gasteiger partial charge in [-0.05, 0) is 27.7 Å². The molecule has 0 aromatic heterocycles. The van der Waals surface area contributed by atoms with Crippen LogP contribution in [0.15, 0.2) is 0 Å². The van der Waals surface area contributed by atoms with Gasteiger partial charge >= 0.3 is 0 Å². The lowest BCUT2D eigenvalue weighted by atomic mass is 10.1. The van der Waals surface area contributed by atoms with Crippen LogP contribution in [0.1, 0.15) is 27.7 Å². The van der Waals surface area contributed by atoms with Crippen LogP contribution in [0.4, 0.5) is 0 Å². The van der Waals surface area contributed by atoms with E-state index in [4.69, 9.17) is 4.74 Å². The lowest BCUT2D eigenvalue weighted by molar-refractivity contribution is -0.123. The third kappa shape index (κ3) is 2.50. The monoisotopic (exact) mass is 157 g/mol. The van der Waals surface area contributed by atoms with Crippen LogP contribution in [-0.2, 0) is 9.53 Å². The van der Waals surface area contributed by atoms with Gasteiger partial charge in [0.1, 0.15) is 0 Å². The summed E-state index contributed by atoms with van der Waals surface area (Å²) in [6, 6.07) is 0. The molecule has 0 radical (unpaired) electrons. The summed E-state index contributed by atoms with van der Waals surface area (Å²) in [6.07, 6.45) is -0.0911. The Balaban J connectivity index is 2.33. The molecule has 1 amide bonds. The minimum atomic E-state index is -0.200. The van der Waals surface area contributed by atoms with Crippen molar-refractivity contribution in [2.24, 2.45) is 0 Å². The fraction of sp³-hybridized carbons (Fsp3) is 0.875. The molecule has 3 nitrogen and oxygen atoms in total. The van der Waals surface area contributed by atoms with Crippen molar-refractivity contribution in [3.05, 3.63) is 0 Å². The summed E-state index contributed by atoms with van der Waals surface area (Å²) in [5.74, 6) is 0.00463. The number of carbonyl (C=O) groups excluding carboxylic acids is 1. The zero-order valence-corrected chi connectivity index (χ0v) is 7.47. The summed E-state index contributed by atoms with van der Waals surface area (Å²) in [5, 5.41) is 2.85. The summed E-state index contributed by atoms with van der Waals surface area (Å²) in [7, 11) is 0. The molecule has 64 valence electrons. The molecule has 1 heterocycles. The van der Waals surface area contributed by atoms with E-state index in [1.807, 2.05) is 27.7 Å². The van der Waals surface area contributed by atoms with E-state index < -0.39 is 0 Å². The average Bonchev–Trinajstić information content (AvgIpc) is 2.41. The first-order chi connectivity index (χ1) is 4.90. The molecule has 0 saturated carbocycles. The second kappa shape index (κ2) is 2.48. The van der Waals surface area contributed by atoms with Crippen molar-refractivity contribution in [1.29, 1.82) is 0 Å². The van der Waals surface area contributed by atoms with Crippen molar-refractivity contribution in [3.63, 3.8) is 0 Å². The average molecular weight is 157 g/mol. The van der Waals surface area contributed by atoms with E-state index in [-0.39, 0.29) is 23.7 Å². The van der Waals surface area contributed by atoms with Gasteiger partial charge in [0.25, 0.3) is 5.91 Å². The summed E-state index contributed by atoms with van der Waals surface area (Å²) in [5.41, 5.74) is -0.150. The molecular formula is C8H15NO2. The van der Waals surface area contributed by atoms with Crippen molar-refractivity contribution in [2.45, 2.75) is 45.4 Å². The fourth-order valence-electron chi connectivity index (χ4n) is 0.902. The Kier molecular flexibility index (Phi) is 1.92. The summed E-state index contributed by atoms with van der Waals surface area (Å²) < 4.78 is 5.01. The lowest BCUT2D eigenvalue weighted by Gasteiger charge is -2.19. The standard InChI is InChI=1S/C8H15NO2/c1-5-6(11-5)7(10)9-8(2,3)4/h5-6H,1-4H3,(H,9,10). The van der Waals surface area contributed by atoms with E-state index in [0.717, 1.165) is 0 Å². The molecule has 0 aliphatic carbocycles. The smallest absolute Gasteiger partial charge is 0.252 e. The summed E-state index contributed by atoms with van der Waals surface area (Å²) in [4.78, 5) is 11.2. The number of amides is 1. The Labute approximate surface area is 67.1 Å². The highest BCUT2D eigenvalue weighted by Crippen LogP contribution is 2.21. The number of hydrogen-bond acceptors (Lipinski definition) is 2. The largest absolute Gasteiger partial charge is 0.359 e. The third-order valence-electron chi connectivity index (χ3n) is 1.47. The number of nitrogens with one attached hydrogen (secondary N) is 1. The molecule has 1 aliphatic rings. The van der Waals surface area contributed by atoms with Gasteiger partial charge in [0, 0.05) is 5.54 Å². The van der Waals surface area contributed by atoms with Crippen molar-refractivity contribution in [1.82, 2.24) is 5.32 Å². The minimum Gasteiger partial charge on any atom is -0.359 e. The predicted octanol–water partition coefficient (Wildman–Crippen LogP) is 0.688. The third-order valence-corrected chi connectivity index (χ3v) is 1.47. The molecule has 1 saturated heterocycles. The molecule has 2 atom stereocenters. The number of ether oxygens (including phenoxy) is 1. The minimum absolute atomic E-state index is 0.00463. The molecule has 11 heavy (non-hydrogen) atoms. The molecule has 1 N–H and O–H groups in total. The first-order valence-corrected chi connectivity index (χ1v) is 3.87. The lowest BCUT2D eigenvalue weighted by Crippen LogP contribution is -2.43. The van der Waals surface area contributed by atoms with Crippen LogP contribution in [0.25, 0.3) is 0 Å². The number of carbonyl (C=O) groups is 1. The van der Waals surface area contributed by atoms with Crippen LogP contribution in [0, 0.1) is 0 Å². The van der Waals surface area contributed by atoms with Gasteiger partial charge in [0.2, 0.25) is 0 Å². The Bertz CT molecular complexity index is 171. The molecule has 0 bridgehead atoms. The second-order valence-corrected chi connectivity index (χ2v) is 4.00. The zero-order chi connectivity index (χ0) is 8.65. The van der Waals surface area contributed by atoms with Crippen molar-refractivity contribution >= 4 is 5.91 Å². The second-order valence-electron chi connectivity index (χ2n) is 4.00. The highest BCUT2D eigenvalue weighted by atomic mass is 16.6. The van der Waals surface area contributed by atoms with Crippen LogP contribution in [0.3, 0.4) is 0 Å². The molecule has 1 fully saturated rings.